The van der Waals surface area contributed by atoms with Gasteiger partial charge in [0.1, 0.15) is 17.8 Å². The van der Waals surface area contributed by atoms with Gasteiger partial charge in [-0.2, -0.15) is 0 Å². The van der Waals surface area contributed by atoms with E-state index in [1.165, 1.54) is 0 Å². The molecule has 2 heterocycles. The highest BCUT2D eigenvalue weighted by atomic mass is 16.5. The molecule has 0 aliphatic carbocycles. The average molecular weight is 145 g/mol. The lowest BCUT2D eigenvalue weighted by Crippen LogP contribution is -2.65. The van der Waals surface area contributed by atoms with Crippen LogP contribution < -0.4 is 5.32 Å². The number of ether oxygens (including phenoxy) is 1. The molecule has 4 nitrogen and oxygen atoms in total. The van der Waals surface area contributed by atoms with Crippen molar-refractivity contribution in [1.29, 1.82) is 0 Å². The lowest BCUT2D eigenvalue weighted by molar-refractivity contribution is -0.0958. The molecule has 3 N–H and O–H groups in total. The Bertz CT molecular complexity index is 146. The third-order valence-electron chi connectivity index (χ3n) is 2.29. The summed E-state index contributed by atoms with van der Waals surface area (Å²) in [5.74, 6) is 0. The van der Waals surface area contributed by atoms with Crippen molar-refractivity contribution >= 4 is 0 Å². The smallest absolute Gasteiger partial charge is 0.121 e. The van der Waals surface area contributed by atoms with E-state index in [2.05, 4.69) is 5.32 Å². The number of rotatable bonds is 0. The second-order valence-electron chi connectivity index (χ2n) is 2.99. The van der Waals surface area contributed by atoms with Crippen molar-refractivity contribution in [3.8, 4) is 0 Å². The van der Waals surface area contributed by atoms with Gasteiger partial charge >= 0.3 is 0 Å². The van der Waals surface area contributed by atoms with Gasteiger partial charge in [-0.05, 0) is 0 Å². The van der Waals surface area contributed by atoms with Crippen LogP contribution in [0.15, 0.2) is 0 Å². The van der Waals surface area contributed by atoms with Gasteiger partial charge in [0.2, 0.25) is 0 Å². The van der Waals surface area contributed by atoms with E-state index in [4.69, 9.17) is 9.84 Å². The molecule has 0 unspecified atom stereocenters. The van der Waals surface area contributed by atoms with Crippen LogP contribution in [-0.4, -0.2) is 47.7 Å². The van der Waals surface area contributed by atoms with E-state index in [0.29, 0.717) is 13.1 Å². The quantitative estimate of drug-likeness (QED) is 0.372. The zero-order chi connectivity index (χ0) is 7.19. The SMILES string of the molecule is O[C@H]1COC2(CNC2)[C@H]1O. The van der Waals surface area contributed by atoms with E-state index in [9.17, 15) is 5.11 Å². The van der Waals surface area contributed by atoms with E-state index < -0.39 is 17.8 Å². The summed E-state index contributed by atoms with van der Waals surface area (Å²) in [4.78, 5) is 0. The van der Waals surface area contributed by atoms with Crippen molar-refractivity contribution in [2.75, 3.05) is 19.7 Å². The summed E-state index contributed by atoms with van der Waals surface area (Å²) in [5, 5.41) is 21.4. The predicted octanol–water partition coefficient (Wildman–Crippen LogP) is -1.92. The maximum absolute atomic E-state index is 9.35. The minimum atomic E-state index is -0.700. The van der Waals surface area contributed by atoms with Crippen molar-refractivity contribution in [3.05, 3.63) is 0 Å². The molecule has 2 saturated heterocycles. The first kappa shape index (κ1) is 6.54. The largest absolute Gasteiger partial charge is 0.388 e. The third-order valence-corrected chi connectivity index (χ3v) is 2.29. The number of hydrogen-bond acceptors (Lipinski definition) is 4. The summed E-state index contributed by atoms with van der Waals surface area (Å²) in [5.41, 5.74) is -0.459. The van der Waals surface area contributed by atoms with E-state index in [-0.39, 0.29) is 6.61 Å². The van der Waals surface area contributed by atoms with E-state index in [0.717, 1.165) is 0 Å². The molecule has 10 heavy (non-hydrogen) atoms. The number of nitrogens with one attached hydrogen (secondary N) is 1. The van der Waals surface area contributed by atoms with Gasteiger partial charge in [0, 0.05) is 13.1 Å². The minimum absolute atomic E-state index is 0.267. The van der Waals surface area contributed by atoms with Crippen LogP contribution in [0.1, 0.15) is 0 Å². The highest BCUT2D eigenvalue weighted by molar-refractivity contribution is 5.06. The van der Waals surface area contributed by atoms with Crippen LogP contribution in [0.4, 0.5) is 0 Å². The normalized spacial score (nSPS) is 43.8. The van der Waals surface area contributed by atoms with Gasteiger partial charge in [0.15, 0.2) is 0 Å². The topological polar surface area (TPSA) is 61.7 Å². The highest BCUT2D eigenvalue weighted by Crippen LogP contribution is 2.29. The standard InChI is InChI=1S/C6H11NO3/c8-4-1-10-6(5(4)9)2-7-3-6/h4-5,7-9H,1-3H2/t4-,5-/m0/s1. The Labute approximate surface area is 58.8 Å². The fraction of sp³-hybridized carbons (Fsp3) is 1.00. The lowest BCUT2D eigenvalue weighted by Gasteiger charge is -2.40. The van der Waals surface area contributed by atoms with Gasteiger partial charge in [-0.25, -0.2) is 0 Å². The van der Waals surface area contributed by atoms with Gasteiger partial charge in [0.05, 0.1) is 6.61 Å². The Morgan fingerprint density at radius 1 is 1.40 bits per heavy atom. The molecule has 2 rings (SSSR count). The fourth-order valence-electron chi connectivity index (χ4n) is 1.46. The van der Waals surface area contributed by atoms with Gasteiger partial charge < -0.3 is 20.3 Å². The Balaban J connectivity index is 2.10. The first-order valence-electron chi connectivity index (χ1n) is 3.45. The molecule has 2 aliphatic heterocycles. The number of aliphatic hydroxyl groups is 2. The molecular formula is C6H11NO3. The van der Waals surface area contributed by atoms with Crippen LogP contribution >= 0.6 is 0 Å². The predicted molar refractivity (Wildman–Crippen MR) is 33.6 cm³/mol. The molecule has 0 aromatic carbocycles. The van der Waals surface area contributed by atoms with E-state index in [1.807, 2.05) is 0 Å². The van der Waals surface area contributed by atoms with Crippen molar-refractivity contribution in [3.63, 3.8) is 0 Å². The van der Waals surface area contributed by atoms with Crippen LogP contribution in [0.2, 0.25) is 0 Å². The summed E-state index contributed by atoms with van der Waals surface area (Å²) in [6.07, 6.45) is -1.39. The molecule has 58 valence electrons. The molecule has 2 aliphatic rings. The Morgan fingerprint density at radius 2 is 2.10 bits per heavy atom. The summed E-state index contributed by atoms with van der Waals surface area (Å²) < 4.78 is 5.24. The van der Waals surface area contributed by atoms with Crippen molar-refractivity contribution in [1.82, 2.24) is 5.32 Å². The van der Waals surface area contributed by atoms with E-state index in [1.54, 1.807) is 0 Å². The van der Waals surface area contributed by atoms with Crippen molar-refractivity contribution < 1.29 is 14.9 Å². The third kappa shape index (κ3) is 0.645. The molecule has 2 atom stereocenters. The molecule has 0 aromatic rings. The van der Waals surface area contributed by atoms with Gasteiger partial charge in [0.25, 0.3) is 0 Å². The Kier molecular flexibility index (Phi) is 1.25. The van der Waals surface area contributed by atoms with Crippen molar-refractivity contribution in [2.24, 2.45) is 0 Å². The van der Waals surface area contributed by atoms with E-state index >= 15 is 0 Å². The molecule has 0 saturated carbocycles. The second-order valence-corrected chi connectivity index (χ2v) is 2.99. The van der Waals surface area contributed by atoms with Crippen LogP contribution in [0.3, 0.4) is 0 Å². The second kappa shape index (κ2) is 1.92. The zero-order valence-corrected chi connectivity index (χ0v) is 5.58. The first-order valence-corrected chi connectivity index (χ1v) is 3.45. The Morgan fingerprint density at radius 3 is 2.30 bits per heavy atom. The van der Waals surface area contributed by atoms with Crippen molar-refractivity contribution in [2.45, 2.75) is 17.8 Å². The molecule has 0 amide bonds. The average Bonchev–Trinajstić information content (AvgIpc) is 2.10. The zero-order valence-electron chi connectivity index (χ0n) is 5.58. The summed E-state index contributed by atoms with van der Waals surface area (Å²) in [6, 6.07) is 0. The maximum Gasteiger partial charge on any atom is 0.121 e. The molecule has 0 radical (unpaired) electrons. The number of hydrogen-bond donors (Lipinski definition) is 3. The van der Waals surface area contributed by atoms with Gasteiger partial charge in [-0.15, -0.1) is 0 Å². The Hall–Kier alpha value is -0.160. The first-order chi connectivity index (χ1) is 4.75. The number of aliphatic hydroxyl groups excluding tert-OH is 2. The highest BCUT2D eigenvalue weighted by Gasteiger charge is 2.52. The van der Waals surface area contributed by atoms with Crippen LogP contribution in [0, 0.1) is 0 Å². The lowest BCUT2D eigenvalue weighted by atomic mass is 9.90. The summed E-state index contributed by atoms with van der Waals surface area (Å²) in [6.45, 7) is 1.58. The van der Waals surface area contributed by atoms with Crippen LogP contribution in [0.5, 0.6) is 0 Å². The summed E-state index contributed by atoms with van der Waals surface area (Å²) >= 11 is 0. The molecule has 1 spiro atoms. The van der Waals surface area contributed by atoms with Gasteiger partial charge in [-0.3, -0.25) is 0 Å². The molecule has 2 fully saturated rings. The fourth-order valence-corrected chi connectivity index (χ4v) is 1.46. The maximum atomic E-state index is 9.35. The molecule has 0 aromatic heterocycles. The summed E-state index contributed by atoms with van der Waals surface area (Å²) in [7, 11) is 0. The molecular weight excluding hydrogens is 134 g/mol. The monoisotopic (exact) mass is 145 g/mol. The van der Waals surface area contributed by atoms with Crippen LogP contribution in [-0.2, 0) is 4.74 Å². The minimum Gasteiger partial charge on any atom is -0.388 e. The molecule has 4 heteroatoms. The van der Waals surface area contributed by atoms with Crippen LogP contribution in [0.25, 0.3) is 0 Å². The van der Waals surface area contributed by atoms with Gasteiger partial charge in [-0.1, -0.05) is 0 Å². The molecule has 0 bridgehead atoms.